The highest BCUT2D eigenvalue weighted by atomic mass is 19.1. The summed E-state index contributed by atoms with van der Waals surface area (Å²) in [5.74, 6) is -1.37. The molecule has 3 heterocycles. The van der Waals surface area contributed by atoms with Crippen molar-refractivity contribution in [3.8, 4) is 0 Å². The van der Waals surface area contributed by atoms with Crippen LogP contribution in [0.3, 0.4) is 0 Å². The van der Waals surface area contributed by atoms with Gasteiger partial charge in [0.25, 0.3) is 0 Å². The molecule has 2 fully saturated rings. The van der Waals surface area contributed by atoms with Crippen LogP contribution in [0.2, 0.25) is 0 Å². The van der Waals surface area contributed by atoms with Gasteiger partial charge in [-0.15, -0.1) is 0 Å². The third-order valence-corrected chi connectivity index (χ3v) is 7.50. The largest absolute Gasteiger partial charge is 0.324 e. The summed E-state index contributed by atoms with van der Waals surface area (Å²) in [7, 11) is 0. The van der Waals surface area contributed by atoms with Crippen molar-refractivity contribution >= 4 is 17.4 Å². The first kappa shape index (κ1) is 19.4. The predicted octanol–water partition coefficient (Wildman–Crippen LogP) is 4.73. The van der Waals surface area contributed by atoms with E-state index in [0.717, 1.165) is 36.2 Å². The van der Waals surface area contributed by atoms with E-state index >= 15 is 0 Å². The number of fused-ring (bicyclic) bond motifs is 4. The van der Waals surface area contributed by atoms with Gasteiger partial charge in [0, 0.05) is 28.8 Å². The SMILES string of the molecule is O=C(c1ccc(F)cc1)C1C(c2ccccc2)C2CCCN2C12C(=O)Nc1ccccc12. The van der Waals surface area contributed by atoms with E-state index in [9.17, 15) is 14.0 Å². The predicted molar refractivity (Wildman–Crippen MR) is 120 cm³/mol. The highest BCUT2D eigenvalue weighted by Gasteiger charge is 2.69. The Kier molecular flexibility index (Phi) is 4.30. The Balaban J connectivity index is 1.61. The molecule has 1 N–H and O–H groups in total. The Hall–Kier alpha value is -3.31. The molecule has 3 aromatic carbocycles. The van der Waals surface area contributed by atoms with E-state index in [1.165, 1.54) is 24.3 Å². The molecule has 2 saturated heterocycles. The zero-order valence-electron chi connectivity index (χ0n) is 17.5. The molecule has 0 saturated carbocycles. The molecule has 4 unspecified atom stereocenters. The van der Waals surface area contributed by atoms with Crippen molar-refractivity contribution in [1.82, 2.24) is 4.90 Å². The number of carbonyl (C=O) groups is 2. The van der Waals surface area contributed by atoms with Gasteiger partial charge in [-0.2, -0.15) is 0 Å². The number of rotatable bonds is 3. The lowest BCUT2D eigenvalue weighted by molar-refractivity contribution is -0.127. The average molecular weight is 426 g/mol. The molecule has 0 radical (unpaired) electrons. The summed E-state index contributed by atoms with van der Waals surface area (Å²) in [4.78, 5) is 30.2. The number of anilines is 1. The van der Waals surface area contributed by atoms with Crippen LogP contribution in [0, 0.1) is 11.7 Å². The van der Waals surface area contributed by atoms with Gasteiger partial charge in [0.2, 0.25) is 5.91 Å². The number of hydrogen-bond donors (Lipinski definition) is 1. The van der Waals surface area contributed by atoms with Crippen molar-refractivity contribution in [1.29, 1.82) is 0 Å². The summed E-state index contributed by atoms with van der Waals surface area (Å²) in [6, 6.07) is 23.6. The van der Waals surface area contributed by atoms with Crippen molar-refractivity contribution < 1.29 is 14.0 Å². The van der Waals surface area contributed by atoms with Crippen LogP contribution in [0.1, 0.15) is 40.2 Å². The smallest absolute Gasteiger partial charge is 0.250 e. The van der Waals surface area contributed by atoms with Crippen LogP contribution in [0.5, 0.6) is 0 Å². The zero-order valence-corrected chi connectivity index (χ0v) is 17.5. The van der Waals surface area contributed by atoms with Crippen LogP contribution < -0.4 is 5.32 Å². The minimum Gasteiger partial charge on any atom is -0.324 e. The lowest BCUT2D eigenvalue weighted by Crippen LogP contribution is -2.52. The van der Waals surface area contributed by atoms with Gasteiger partial charge in [-0.05, 0) is 55.3 Å². The minimum absolute atomic E-state index is 0.0868. The highest BCUT2D eigenvalue weighted by molar-refractivity contribution is 6.12. The molecule has 3 aliphatic heterocycles. The highest BCUT2D eigenvalue weighted by Crippen LogP contribution is 2.61. The van der Waals surface area contributed by atoms with E-state index in [1.807, 2.05) is 42.5 Å². The number of nitrogens with one attached hydrogen (secondary N) is 1. The number of ketones is 1. The Morgan fingerprint density at radius 1 is 0.969 bits per heavy atom. The Morgan fingerprint density at radius 2 is 1.69 bits per heavy atom. The van der Waals surface area contributed by atoms with Crippen LogP contribution >= 0.6 is 0 Å². The minimum atomic E-state index is -1.07. The molecule has 4 atom stereocenters. The van der Waals surface area contributed by atoms with Crippen molar-refractivity contribution in [2.45, 2.75) is 30.3 Å². The lowest BCUT2D eigenvalue weighted by Gasteiger charge is -2.36. The van der Waals surface area contributed by atoms with Crippen LogP contribution in [0.4, 0.5) is 10.1 Å². The van der Waals surface area contributed by atoms with Crippen molar-refractivity contribution in [2.24, 2.45) is 5.92 Å². The summed E-state index contributed by atoms with van der Waals surface area (Å²) in [5, 5.41) is 3.07. The molecule has 1 spiro atoms. The molecule has 3 aliphatic rings. The third kappa shape index (κ3) is 2.51. The maximum absolute atomic E-state index is 14.2. The van der Waals surface area contributed by atoms with E-state index in [0.29, 0.717) is 5.56 Å². The summed E-state index contributed by atoms with van der Waals surface area (Å²) < 4.78 is 13.6. The monoisotopic (exact) mass is 426 g/mol. The van der Waals surface area contributed by atoms with E-state index in [4.69, 9.17) is 0 Å². The molecule has 0 aromatic heterocycles. The first-order valence-electron chi connectivity index (χ1n) is 11.1. The third-order valence-electron chi connectivity index (χ3n) is 7.50. The fourth-order valence-electron chi connectivity index (χ4n) is 6.36. The summed E-state index contributed by atoms with van der Waals surface area (Å²) >= 11 is 0. The molecular formula is C27H23FN2O2. The van der Waals surface area contributed by atoms with Gasteiger partial charge in [-0.25, -0.2) is 4.39 Å². The fourth-order valence-corrected chi connectivity index (χ4v) is 6.36. The molecule has 6 rings (SSSR count). The van der Waals surface area contributed by atoms with Gasteiger partial charge >= 0.3 is 0 Å². The standard InChI is InChI=1S/C27H23FN2O2/c28-19-14-12-18(13-15-19)25(31)24-23(17-7-2-1-3-8-17)22-11-6-16-30(22)27(24)20-9-4-5-10-21(20)29-26(27)32/h1-5,7-10,12-15,22-24H,6,11,16H2,(H,29,32). The number of halogens is 1. The molecule has 1 amide bonds. The maximum atomic E-state index is 14.2. The molecule has 3 aromatic rings. The molecule has 32 heavy (non-hydrogen) atoms. The van der Waals surface area contributed by atoms with Crippen molar-refractivity contribution in [2.75, 3.05) is 11.9 Å². The number of hydrogen-bond acceptors (Lipinski definition) is 3. The molecule has 0 aliphatic carbocycles. The second-order valence-corrected chi connectivity index (χ2v) is 8.95. The summed E-state index contributed by atoms with van der Waals surface area (Å²) in [6.07, 6.45) is 1.92. The van der Waals surface area contributed by atoms with Crippen LogP contribution in [0.15, 0.2) is 78.9 Å². The fraction of sp³-hybridized carbons (Fsp3) is 0.259. The van der Waals surface area contributed by atoms with Gasteiger partial charge in [-0.1, -0.05) is 48.5 Å². The Labute approximate surface area is 186 Å². The van der Waals surface area contributed by atoms with Gasteiger partial charge in [-0.3, -0.25) is 14.5 Å². The van der Waals surface area contributed by atoms with Gasteiger partial charge in [0.15, 0.2) is 5.78 Å². The molecule has 0 bridgehead atoms. The van der Waals surface area contributed by atoms with Gasteiger partial charge in [0.1, 0.15) is 11.4 Å². The topological polar surface area (TPSA) is 49.4 Å². The number of benzene rings is 3. The number of Topliss-reactive ketones (excluding diaryl/α,β-unsaturated/α-hetero) is 1. The summed E-state index contributed by atoms with van der Waals surface area (Å²) in [5.41, 5.74) is 2.09. The average Bonchev–Trinajstić information content (AvgIpc) is 3.48. The number of nitrogens with zero attached hydrogens (tertiary/aromatic N) is 1. The molecular weight excluding hydrogens is 403 g/mol. The first-order chi connectivity index (χ1) is 15.6. The van der Waals surface area contributed by atoms with Crippen LogP contribution in [-0.4, -0.2) is 29.2 Å². The molecule has 4 nitrogen and oxygen atoms in total. The Morgan fingerprint density at radius 3 is 2.47 bits per heavy atom. The van der Waals surface area contributed by atoms with Gasteiger partial charge < -0.3 is 5.32 Å². The first-order valence-corrected chi connectivity index (χ1v) is 11.1. The molecule has 160 valence electrons. The normalized spacial score (nSPS) is 28.5. The maximum Gasteiger partial charge on any atom is 0.250 e. The van der Waals surface area contributed by atoms with Crippen molar-refractivity contribution in [3.63, 3.8) is 0 Å². The number of amides is 1. The van der Waals surface area contributed by atoms with E-state index in [-0.39, 0.29) is 29.5 Å². The van der Waals surface area contributed by atoms with Gasteiger partial charge in [0.05, 0.1) is 5.92 Å². The second kappa shape index (κ2) is 7.10. The number of carbonyl (C=O) groups excluding carboxylic acids is 2. The van der Waals surface area contributed by atoms with Crippen LogP contribution in [-0.2, 0) is 10.3 Å². The molecule has 5 heteroatoms. The quantitative estimate of drug-likeness (QED) is 0.616. The van der Waals surface area contributed by atoms with E-state index in [1.54, 1.807) is 0 Å². The number of para-hydroxylation sites is 1. The van der Waals surface area contributed by atoms with Crippen LogP contribution in [0.25, 0.3) is 0 Å². The van der Waals surface area contributed by atoms with E-state index in [2.05, 4.69) is 22.3 Å². The second-order valence-electron chi connectivity index (χ2n) is 8.95. The zero-order chi connectivity index (χ0) is 21.9. The summed E-state index contributed by atoms with van der Waals surface area (Å²) in [6.45, 7) is 0.767. The van der Waals surface area contributed by atoms with Crippen molar-refractivity contribution in [3.05, 3.63) is 101 Å². The Bertz CT molecular complexity index is 1210. The van der Waals surface area contributed by atoms with E-state index < -0.39 is 11.5 Å². The lowest BCUT2D eigenvalue weighted by atomic mass is 9.69.